The summed E-state index contributed by atoms with van der Waals surface area (Å²) in [5, 5.41) is 6.47. The molecule has 0 atom stereocenters. The Bertz CT molecular complexity index is 298. The lowest BCUT2D eigenvalue weighted by Gasteiger charge is -2.19. The molecule has 20 heavy (non-hydrogen) atoms. The van der Waals surface area contributed by atoms with Crippen LogP contribution in [0.1, 0.15) is 32.6 Å². The molecule has 0 unspecified atom stereocenters. The molecule has 0 amide bonds. The highest BCUT2D eigenvalue weighted by molar-refractivity contribution is 5.80. The van der Waals surface area contributed by atoms with Gasteiger partial charge in [-0.05, 0) is 26.8 Å². The first-order valence-electron chi connectivity index (χ1n) is 7.21. The molecule has 118 valence electrons. The highest BCUT2D eigenvalue weighted by atomic mass is 19.4. The van der Waals surface area contributed by atoms with Gasteiger partial charge < -0.3 is 10.6 Å². The minimum absolute atomic E-state index is 0.292. The van der Waals surface area contributed by atoms with Gasteiger partial charge in [0.1, 0.15) is 0 Å². The van der Waals surface area contributed by atoms with E-state index in [1.165, 1.54) is 24.8 Å². The molecule has 0 aromatic carbocycles. The first-order valence-corrected chi connectivity index (χ1v) is 7.21. The van der Waals surface area contributed by atoms with E-state index in [0.29, 0.717) is 25.1 Å². The third-order valence-electron chi connectivity index (χ3n) is 3.24. The molecule has 2 N–H and O–H groups in total. The number of likely N-dealkylation sites (N-methyl/N-ethyl adjacent to an activating group) is 1. The lowest BCUT2D eigenvalue weighted by atomic mass is 10.2. The van der Waals surface area contributed by atoms with Crippen LogP contribution in [-0.2, 0) is 0 Å². The molecule has 7 heteroatoms. The van der Waals surface area contributed by atoms with E-state index < -0.39 is 12.7 Å². The topological polar surface area (TPSA) is 39.7 Å². The summed E-state index contributed by atoms with van der Waals surface area (Å²) in [7, 11) is 1.46. The van der Waals surface area contributed by atoms with E-state index in [9.17, 15) is 13.2 Å². The largest absolute Gasteiger partial charge is 0.401 e. The minimum atomic E-state index is -4.15. The van der Waals surface area contributed by atoms with Crippen molar-refractivity contribution in [3.8, 4) is 0 Å². The number of rotatable bonds is 6. The monoisotopic (exact) mass is 294 g/mol. The number of alkyl halides is 3. The van der Waals surface area contributed by atoms with Gasteiger partial charge in [-0.1, -0.05) is 12.8 Å². The van der Waals surface area contributed by atoms with Gasteiger partial charge in [0.2, 0.25) is 0 Å². The molecule has 1 saturated carbocycles. The van der Waals surface area contributed by atoms with Crippen LogP contribution >= 0.6 is 0 Å². The zero-order valence-corrected chi connectivity index (χ0v) is 12.3. The van der Waals surface area contributed by atoms with Gasteiger partial charge >= 0.3 is 6.18 Å². The van der Waals surface area contributed by atoms with Crippen LogP contribution in [0, 0.1) is 0 Å². The van der Waals surface area contributed by atoms with Gasteiger partial charge in [-0.2, -0.15) is 13.2 Å². The second kappa shape index (κ2) is 8.34. The van der Waals surface area contributed by atoms with Gasteiger partial charge in [0.05, 0.1) is 13.1 Å². The summed E-state index contributed by atoms with van der Waals surface area (Å²) < 4.78 is 36.5. The molecule has 1 rings (SSSR count). The van der Waals surface area contributed by atoms with Crippen LogP contribution in [0.25, 0.3) is 0 Å². The van der Waals surface area contributed by atoms with Crippen molar-refractivity contribution in [2.75, 3.05) is 33.2 Å². The smallest absolute Gasteiger partial charge is 0.357 e. The van der Waals surface area contributed by atoms with Crippen LogP contribution < -0.4 is 10.6 Å². The van der Waals surface area contributed by atoms with E-state index in [0.717, 1.165) is 19.4 Å². The van der Waals surface area contributed by atoms with Crippen LogP contribution in [0.15, 0.2) is 4.99 Å². The SMILES string of the molecule is CCNC(=NCCN(C)CC(F)(F)F)NC1CCCC1. The molecule has 0 spiro atoms. The first-order chi connectivity index (χ1) is 9.40. The number of hydrogen-bond acceptors (Lipinski definition) is 2. The molecule has 0 aliphatic heterocycles. The summed E-state index contributed by atoms with van der Waals surface area (Å²) in [5.74, 6) is 0.708. The van der Waals surface area contributed by atoms with Crippen molar-refractivity contribution in [2.24, 2.45) is 4.99 Å². The standard InChI is InChI=1S/C13H25F3N4/c1-3-17-12(19-11-6-4-5-7-11)18-8-9-20(2)10-13(14,15)16/h11H,3-10H2,1-2H3,(H2,17,18,19). The fourth-order valence-electron chi connectivity index (χ4n) is 2.30. The van der Waals surface area contributed by atoms with E-state index in [-0.39, 0.29) is 0 Å². The van der Waals surface area contributed by atoms with Crippen LogP contribution in [0.5, 0.6) is 0 Å². The second-order valence-corrected chi connectivity index (χ2v) is 5.24. The summed E-state index contributed by atoms with van der Waals surface area (Å²) in [4.78, 5) is 5.57. The number of guanidine groups is 1. The molecule has 0 heterocycles. The highest BCUT2D eigenvalue weighted by Gasteiger charge is 2.28. The van der Waals surface area contributed by atoms with Crippen molar-refractivity contribution in [1.82, 2.24) is 15.5 Å². The van der Waals surface area contributed by atoms with E-state index >= 15 is 0 Å². The van der Waals surface area contributed by atoms with E-state index in [4.69, 9.17) is 0 Å². The lowest BCUT2D eigenvalue weighted by molar-refractivity contribution is -0.142. The van der Waals surface area contributed by atoms with Crippen molar-refractivity contribution in [3.05, 3.63) is 0 Å². The molecule has 1 fully saturated rings. The number of aliphatic imine (C=N–C) groups is 1. The van der Waals surface area contributed by atoms with Crippen LogP contribution in [0.3, 0.4) is 0 Å². The maximum absolute atomic E-state index is 12.2. The van der Waals surface area contributed by atoms with E-state index in [1.54, 1.807) is 0 Å². The second-order valence-electron chi connectivity index (χ2n) is 5.24. The fraction of sp³-hybridized carbons (Fsp3) is 0.923. The molecular weight excluding hydrogens is 269 g/mol. The van der Waals surface area contributed by atoms with Gasteiger partial charge in [0, 0.05) is 19.1 Å². The van der Waals surface area contributed by atoms with Gasteiger partial charge in [0.15, 0.2) is 5.96 Å². The molecule has 0 bridgehead atoms. The molecule has 1 aliphatic rings. The lowest BCUT2D eigenvalue weighted by Crippen LogP contribution is -2.42. The maximum atomic E-state index is 12.2. The first kappa shape index (κ1) is 17.1. The van der Waals surface area contributed by atoms with Crippen molar-refractivity contribution >= 4 is 5.96 Å². The van der Waals surface area contributed by atoms with Gasteiger partial charge in [-0.3, -0.25) is 9.89 Å². The Labute approximate surface area is 118 Å². The quantitative estimate of drug-likeness (QED) is 0.581. The average Bonchev–Trinajstić information content (AvgIpc) is 2.79. The molecule has 0 aromatic heterocycles. The summed E-state index contributed by atoms with van der Waals surface area (Å²) in [5.41, 5.74) is 0. The molecule has 0 aromatic rings. The summed E-state index contributed by atoms with van der Waals surface area (Å²) in [6.07, 6.45) is 0.582. The normalized spacial score (nSPS) is 17.8. The Morgan fingerprint density at radius 3 is 2.50 bits per heavy atom. The molecule has 1 aliphatic carbocycles. The average molecular weight is 294 g/mol. The van der Waals surface area contributed by atoms with Crippen molar-refractivity contribution in [3.63, 3.8) is 0 Å². The molecule has 0 radical (unpaired) electrons. The number of halogens is 3. The van der Waals surface area contributed by atoms with E-state index in [2.05, 4.69) is 15.6 Å². The van der Waals surface area contributed by atoms with Crippen LogP contribution in [0.2, 0.25) is 0 Å². The van der Waals surface area contributed by atoms with Crippen molar-refractivity contribution in [2.45, 2.75) is 44.8 Å². The fourth-order valence-corrected chi connectivity index (χ4v) is 2.30. The van der Waals surface area contributed by atoms with Gasteiger partial charge in [-0.25, -0.2) is 0 Å². The minimum Gasteiger partial charge on any atom is -0.357 e. The van der Waals surface area contributed by atoms with E-state index in [1.807, 2.05) is 6.92 Å². The molecule has 0 saturated heterocycles. The Morgan fingerprint density at radius 2 is 1.95 bits per heavy atom. The molecular formula is C13H25F3N4. The number of nitrogens with zero attached hydrogens (tertiary/aromatic N) is 2. The zero-order valence-electron chi connectivity index (χ0n) is 12.3. The van der Waals surface area contributed by atoms with Gasteiger partial charge in [0.25, 0.3) is 0 Å². The number of nitrogens with one attached hydrogen (secondary N) is 2. The van der Waals surface area contributed by atoms with Crippen molar-refractivity contribution in [1.29, 1.82) is 0 Å². The highest BCUT2D eigenvalue weighted by Crippen LogP contribution is 2.17. The number of hydrogen-bond donors (Lipinski definition) is 2. The summed E-state index contributed by atoms with van der Waals surface area (Å²) >= 11 is 0. The van der Waals surface area contributed by atoms with Crippen LogP contribution in [-0.4, -0.2) is 56.3 Å². The van der Waals surface area contributed by atoms with Crippen molar-refractivity contribution < 1.29 is 13.2 Å². The van der Waals surface area contributed by atoms with Gasteiger partial charge in [-0.15, -0.1) is 0 Å². The maximum Gasteiger partial charge on any atom is 0.401 e. The van der Waals surface area contributed by atoms with Crippen LogP contribution in [0.4, 0.5) is 13.2 Å². The Kier molecular flexibility index (Phi) is 7.12. The predicted molar refractivity (Wildman–Crippen MR) is 74.9 cm³/mol. The summed E-state index contributed by atoms with van der Waals surface area (Å²) in [6.45, 7) is 2.48. The molecule has 4 nitrogen and oxygen atoms in total. The zero-order chi connectivity index (χ0) is 15.0. The third-order valence-corrected chi connectivity index (χ3v) is 3.24. The Balaban J connectivity index is 2.34. The summed E-state index contributed by atoms with van der Waals surface area (Å²) in [6, 6.07) is 0.445. The Morgan fingerprint density at radius 1 is 1.30 bits per heavy atom. The predicted octanol–water partition coefficient (Wildman–Crippen LogP) is 1.98. The third kappa shape index (κ3) is 7.57. The Hall–Kier alpha value is -0.980.